The summed E-state index contributed by atoms with van der Waals surface area (Å²) in [5.41, 5.74) is 5.12. The molecule has 62 heavy (non-hydrogen) atoms. The molecule has 0 bridgehead atoms. The van der Waals surface area contributed by atoms with E-state index in [0.717, 1.165) is 24.3 Å². The number of aromatic hydroxyl groups is 2. The van der Waals surface area contributed by atoms with Gasteiger partial charge in [-0.2, -0.15) is 40.6 Å². The van der Waals surface area contributed by atoms with Gasteiger partial charge in [-0.1, -0.05) is 54.6 Å². The average molecular weight is 899 g/mol. The molecule has 0 saturated heterocycles. The fourth-order valence-electron chi connectivity index (χ4n) is 6.14. The van der Waals surface area contributed by atoms with Gasteiger partial charge in [-0.15, -0.1) is 15.3 Å². The van der Waals surface area contributed by atoms with Crippen molar-refractivity contribution in [3.05, 3.63) is 125 Å². The fourth-order valence-corrected chi connectivity index (χ4v) is 8.19. The number of nitrogens with zero attached hydrogens (tertiary/aromatic N) is 7. The molecule has 0 saturated carbocycles. The molecule has 0 radical (unpaired) electrons. The quantitative estimate of drug-likeness (QED) is 0.0231. The molecule has 7 aromatic rings. The highest BCUT2D eigenvalue weighted by atomic mass is 32.2. The molecule has 0 aliphatic heterocycles. The zero-order valence-corrected chi connectivity index (χ0v) is 33.4. The maximum Gasteiger partial charge on any atom is 0.296 e. The SMILES string of the molecule is Nc1c(N=Nc2cccc([N+](=O)[O-])c2)c(S(=O)(=O)O)cc2cc(S(=O)(=O)O)c(N=Nc3ccc(-c4ccc(N=Nc5cc(S(=O)(=O)O)c6ccccc6c5O)cc4)cc3)c(O)c12. The first-order chi connectivity index (χ1) is 29.2. The van der Waals surface area contributed by atoms with Crippen molar-refractivity contribution in [3.63, 3.8) is 0 Å². The number of nitro benzene ring substituents is 1. The lowest BCUT2D eigenvalue weighted by Gasteiger charge is -2.14. The van der Waals surface area contributed by atoms with Crippen LogP contribution >= 0.6 is 0 Å². The first kappa shape index (κ1) is 42.5. The Morgan fingerprint density at radius 1 is 0.516 bits per heavy atom. The van der Waals surface area contributed by atoms with Gasteiger partial charge in [0, 0.05) is 22.9 Å². The molecule has 21 nitrogen and oxygen atoms in total. The molecule has 7 aromatic carbocycles. The number of nitro groups is 1. The summed E-state index contributed by atoms with van der Waals surface area (Å²) in [6.45, 7) is 0. The van der Waals surface area contributed by atoms with Crippen LogP contribution in [-0.4, -0.2) is 54.0 Å². The molecule has 0 fully saturated rings. The lowest BCUT2D eigenvalue weighted by Crippen LogP contribution is -2.03. The number of azo groups is 3. The van der Waals surface area contributed by atoms with Gasteiger partial charge in [-0.3, -0.25) is 23.8 Å². The standard InChI is InChI=1S/C38H26N8O13S3/c39-34-33-22(16-31(61(54,55)56)35(34)44-42-25-4-3-5-26(18-25)46(49)50)17-32(62(57,58)59)36(38(33)48)45-41-24-14-10-21(11-15-24)20-8-12-23(13-9-20)40-43-29-19-30(60(51,52)53)27-6-1-2-7-28(27)37(29)47/h1-19,47-48H,39H2,(H,51,52,53)(H,54,55,56)(H,57,58,59). The van der Waals surface area contributed by atoms with E-state index in [2.05, 4.69) is 30.7 Å². The normalized spacial score (nSPS) is 12.6. The number of non-ortho nitro benzene ring substituents is 1. The molecule has 0 amide bonds. The van der Waals surface area contributed by atoms with Crippen molar-refractivity contribution >= 4 is 97.4 Å². The summed E-state index contributed by atoms with van der Waals surface area (Å²) >= 11 is 0. The minimum absolute atomic E-state index is 0.0973. The van der Waals surface area contributed by atoms with Crippen LogP contribution in [0.25, 0.3) is 32.7 Å². The number of benzene rings is 7. The molecular formula is C38H26N8O13S3. The summed E-state index contributed by atoms with van der Waals surface area (Å²) in [4.78, 5) is 8.03. The monoisotopic (exact) mass is 898 g/mol. The predicted molar refractivity (Wildman–Crippen MR) is 223 cm³/mol. The first-order valence-corrected chi connectivity index (χ1v) is 21.5. The van der Waals surface area contributed by atoms with Crippen LogP contribution in [0, 0.1) is 10.1 Å². The maximum absolute atomic E-state index is 12.5. The van der Waals surface area contributed by atoms with Gasteiger partial charge >= 0.3 is 0 Å². The Bertz CT molecular complexity index is 3440. The second-order valence-electron chi connectivity index (χ2n) is 13.0. The lowest BCUT2D eigenvalue weighted by atomic mass is 10.0. The first-order valence-electron chi connectivity index (χ1n) is 17.2. The van der Waals surface area contributed by atoms with Gasteiger partial charge in [-0.05, 0) is 65.0 Å². The van der Waals surface area contributed by atoms with Gasteiger partial charge in [0.05, 0.1) is 33.1 Å². The summed E-state index contributed by atoms with van der Waals surface area (Å²) in [6, 6.07) is 25.9. The Morgan fingerprint density at radius 3 is 1.56 bits per heavy atom. The van der Waals surface area contributed by atoms with Gasteiger partial charge in [-0.25, -0.2) is 0 Å². The second kappa shape index (κ2) is 16.1. The zero-order chi connectivity index (χ0) is 44.7. The minimum Gasteiger partial charge on any atom is -0.505 e. The van der Waals surface area contributed by atoms with Crippen LogP contribution in [0.3, 0.4) is 0 Å². The van der Waals surface area contributed by atoms with Crippen molar-refractivity contribution < 1.29 is 54.0 Å². The summed E-state index contributed by atoms with van der Waals surface area (Å²) in [5, 5.41) is 56.1. The number of rotatable bonds is 11. The van der Waals surface area contributed by atoms with Gasteiger partial charge in [0.1, 0.15) is 31.7 Å². The second-order valence-corrected chi connectivity index (χ2v) is 17.2. The van der Waals surface area contributed by atoms with E-state index in [1.54, 1.807) is 48.5 Å². The largest absolute Gasteiger partial charge is 0.505 e. The van der Waals surface area contributed by atoms with Crippen LogP contribution in [0.15, 0.2) is 161 Å². The van der Waals surface area contributed by atoms with Crippen LogP contribution in [0.5, 0.6) is 11.5 Å². The molecule has 24 heteroatoms. The van der Waals surface area contributed by atoms with E-state index in [9.17, 15) is 59.2 Å². The van der Waals surface area contributed by atoms with E-state index in [4.69, 9.17) is 5.73 Å². The number of nitrogen functional groups attached to an aromatic ring is 1. The zero-order valence-electron chi connectivity index (χ0n) is 30.9. The maximum atomic E-state index is 12.5. The Morgan fingerprint density at radius 2 is 1.02 bits per heavy atom. The molecule has 0 aliphatic carbocycles. The summed E-state index contributed by atoms with van der Waals surface area (Å²) in [7, 11) is -15.0. The van der Waals surface area contributed by atoms with Crippen molar-refractivity contribution in [2.24, 2.45) is 30.7 Å². The lowest BCUT2D eigenvalue weighted by molar-refractivity contribution is -0.384. The molecule has 0 atom stereocenters. The smallest absolute Gasteiger partial charge is 0.296 e. The summed E-state index contributed by atoms with van der Waals surface area (Å²) < 4.78 is 104. The van der Waals surface area contributed by atoms with Crippen LogP contribution in [0.2, 0.25) is 0 Å². The summed E-state index contributed by atoms with van der Waals surface area (Å²) in [6.07, 6.45) is 0. The molecule has 7 N–H and O–H groups in total. The number of phenols is 2. The highest BCUT2D eigenvalue weighted by Gasteiger charge is 2.28. The van der Waals surface area contributed by atoms with Crippen molar-refractivity contribution in [3.8, 4) is 22.6 Å². The highest BCUT2D eigenvalue weighted by molar-refractivity contribution is 7.86. The van der Waals surface area contributed by atoms with Crippen molar-refractivity contribution in [1.82, 2.24) is 0 Å². The number of phenolic OH excluding ortho intramolecular Hbond substituents is 2. The van der Waals surface area contributed by atoms with Crippen molar-refractivity contribution in [2.45, 2.75) is 14.7 Å². The van der Waals surface area contributed by atoms with E-state index in [-0.39, 0.29) is 39.3 Å². The van der Waals surface area contributed by atoms with E-state index < -0.39 is 83.5 Å². The topological polar surface area (TPSA) is 347 Å². The summed E-state index contributed by atoms with van der Waals surface area (Å²) in [5.74, 6) is -1.34. The van der Waals surface area contributed by atoms with Crippen LogP contribution in [0.1, 0.15) is 0 Å². The van der Waals surface area contributed by atoms with Crippen LogP contribution in [0.4, 0.5) is 45.5 Å². The third kappa shape index (κ3) is 8.66. The highest BCUT2D eigenvalue weighted by Crippen LogP contribution is 2.48. The van der Waals surface area contributed by atoms with Crippen molar-refractivity contribution in [2.75, 3.05) is 5.73 Å². The van der Waals surface area contributed by atoms with E-state index in [1.165, 1.54) is 36.4 Å². The third-order valence-electron chi connectivity index (χ3n) is 9.02. The number of hydrogen-bond acceptors (Lipinski definition) is 17. The van der Waals surface area contributed by atoms with Crippen molar-refractivity contribution in [1.29, 1.82) is 0 Å². The Kier molecular flexibility index (Phi) is 11.0. The van der Waals surface area contributed by atoms with Crippen LogP contribution in [-0.2, 0) is 30.4 Å². The average Bonchev–Trinajstić information content (AvgIpc) is 3.22. The van der Waals surface area contributed by atoms with Crippen LogP contribution < -0.4 is 5.73 Å². The van der Waals surface area contributed by atoms with Gasteiger partial charge in [0.15, 0.2) is 11.5 Å². The van der Waals surface area contributed by atoms with E-state index in [1.807, 2.05) is 0 Å². The number of nitrogens with two attached hydrogens (primary N) is 1. The molecule has 7 rings (SSSR count). The Balaban J connectivity index is 1.19. The molecule has 0 spiro atoms. The number of anilines is 1. The molecule has 0 unspecified atom stereocenters. The Hall–Kier alpha value is -7.61. The molecule has 314 valence electrons. The predicted octanol–water partition coefficient (Wildman–Crippen LogP) is 9.55. The molecule has 0 aliphatic rings. The van der Waals surface area contributed by atoms with Gasteiger partial charge in [0.25, 0.3) is 36.0 Å². The van der Waals surface area contributed by atoms with Gasteiger partial charge in [0.2, 0.25) is 0 Å². The Labute approximate surface area is 349 Å². The molecule has 0 aromatic heterocycles. The minimum atomic E-state index is -5.19. The number of hydrogen-bond donors (Lipinski definition) is 6. The van der Waals surface area contributed by atoms with E-state index >= 15 is 0 Å². The van der Waals surface area contributed by atoms with E-state index in [0.29, 0.717) is 22.9 Å². The fraction of sp³-hybridized carbons (Fsp3) is 0. The van der Waals surface area contributed by atoms with Gasteiger partial charge < -0.3 is 15.9 Å². The third-order valence-corrected chi connectivity index (χ3v) is 11.6. The molecular weight excluding hydrogens is 873 g/mol. The molecule has 0 heterocycles. The number of fused-ring (bicyclic) bond motifs is 2.